The molecule has 0 atom stereocenters. The Morgan fingerprint density at radius 2 is 2.35 bits per heavy atom. The number of thiazole rings is 1. The van der Waals surface area contributed by atoms with Crippen molar-refractivity contribution < 1.29 is 5.11 Å². The number of nitrogens with one attached hydrogen (secondary N) is 1. The zero-order valence-electron chi connectivity index (χ0n) is 8.54. The molecule has 0 amide bonds. The minimum atomic E-state index is -0.280. The van der Waals surface area contributed by atoms with Gasteiger partial charge in [-0.2, -0.15) is 0 Å². The van der Waals surface area contributed by atoms with E-state index in [9.17, 15) is 9.90 Å². The lowest BCUT2D eigenvalue weighted by molar-refractivity contribution is 0.455. The van der Waals surface area contributed by atoms with E-state index < -0.39 is 0 Å². The van der Waals surface area contributed by atoms with Gasteiger partial charge in [-0.25, -0.2) is 9.98 Å². The van der Waals surface area contributed by atoms with Crippen LogP contribution in [0, 0.1) is 0 Å². The van der Waals surface area contributed by atoms with Crippen molar-refractivity contribution >= 4 is 23.5 Å². The van der Waals surface area contributed by atoms with E-state index in [2.05, 4.69) is 15.0 Å². The molecule has 3 rings (SSSR count). The fraction of sp³-hybridized carbons (Fsp3) is 0. The molecule has 0 saturated carbocycles. The number of fused-ring (bicyclic) bond motifs is 1. The van der Waals surface area contributed by atoms with Gasteiger partial charge in [0.15, 0.2) is 5.49 Å². The first-order valence-electron chi connectivity index (χ1n) is 4.86. The molecule has 0 aromatic carbocycles. The SMILES string of the molecule is O=c1[nH]c(O)c(C=c2cnc3c(c2)C=CN=3)s1. The maximum Gasteiger partial charge on any atom is 0.307 e. The van der Waals surface area contributed by atoms with Crippen molar-refractivity contribution in [1.29, 1.82) is 0 Å². The number of H-pyrrole nitrogens is 1. The normalized spacial score (nSPS) is 13.8. The number of aromatic amines is 1. The Morgan fingerprint density at radius 1 is 1.47 bits per heavy atom. The van der Waals surface area contributed by atoms with Crippen LogP contribution in [0.5, 0.6) is 5.88 Å². The Morgan fingerprint density at radius 3 is 3.12 bits per heavy atom. The average molecular weight is 245 g/mol. The van der Waals surface area contributed by atoms with Crippen LogP contribution in [0.25, 0.3) is 12.2 Å². The van der Waals surface area contributed by atoms with Crippen molar-refractivity contribution in [3.8, 4) is 5.88 Å². The predicted molar refractivity (Wildman–Crippen MR) is 64.2 cm³/mol. The zero-order chi connectivity index (χ0) is 11.8. The number of aromatic hydroxyl groups is 1. The van der Waals surface area contributed by atoms with E-state index >= 15 is 0 Å². The molecule has 2 aromatic rings. The first-order valence-corrected chi connectivity index (χ1v) is 5.68. The van der Waals surface area contributed by atoms with E-state index in [1.807, 2.05) is 12.1 Å². The van der Waals surface area contributed by atoms with Gasteiger partial charge < -0.3 is 5.11 Å². The summed E-state index contributed by atoms with van der Waals surface area (Å²) in [6, 6.07) is 1.90. The lowest BCUT2D eigenvalue weighted by Gasteiger charge is -1.90. The average Bonchev–Trinajstić information content (AvgIpc) is 2.85. The van der Waals surface area contributed by atoms with Gasteiger partial charge in [0.05, 0.1) is 4.88 Å². The molecule has 2 N–H and O–H groups in total. The number of aromatic nitrogens is 2. The molecule has 0 bridgehead atoms. The number of nitrogens with zero attached hydrogens (tertiary/aromatic N) is 2. The van der Waals surface area contributed by atoms with E-state index in [0.717, 1.165) is 22.1 Å². The monoisotopic (exact) mass is 245 g/mol. The summed E-state index contributed by atoms with van der Waals surface area (Å²) in [7, 11) is 0. The van der Waals surface area contributed by atoms with Crippen LogP contribution in [0.3, 0.4) is 0 Å². The Labute approximate surface area is 99.1 Å². The maximum absolute atomic E-state index is 11.0. The predicted octanol–water partition coefficient (Wildman–Crippen LogP) is -0.0303. The molecule has 2 aromatic heterocycles. The third-order valence-corrected chi connectivity index (χ3v) is 3.14. The van der Waals surface area contributed by atoms with Gasteiger partial charge in [0.2, 0.25) is 5.88 Å². The molecule has 0 unspecified atom stereocenters. The molecule has 1 aliphatic rings. The van der Waals surface area contributed by atoms with Gasteiger partial charge in [-0.3, -0.25) is 9.78 Å². The first kappa shape index (κ1) is 9.98. The van der Waals surface area contributed by atoms with Gasteiger partial charge in [0, 0.05) is 18.0 Å². The standard InChI is InChI=1S/C11H7N3O2S/c15-10-8(17-11(16)14-10)4-6-3-7-1-2-12-9(7)13-5-6/h1-5,15H,(H,14,16). The largest absolute Gasteiger partial charge is 0.493 e. The third-order valence-electron chi connectivity index (χ3n) is 2.32. The molecular weight excluding hydrogens is 238 g/mol. The Hall–Kier alpha value is -2.21. The summed E-state index contributed by atoms with van der Waals surface area (Å²) in [5.74, 6) is -0.110. The van der Waals surface area contributed by atoms with Crippen LogP contribution in [0.4, 0.5) is 0 Å². The van der Waals surface area contributed by atoms with E-state index in [1.165, 1.54) is 0 Å². The lowest BCUT2D eigenvalue weighted by atomic mass is 10.2. The van der Waals surface area contributed by atoms with E-state index in [-0.39, 0.29) is 10.8 Å². The van der Waals surface area contributed by atoms with Crippen molar-refractivity contribution in [3.05, 3.63) is 49.3 Å². The first-order chi connectivity index (χ1) is 8.22. The molecule has 5 nitrogen and oxygen atoms in total. The van der Waals surface area contributed by atoms with Crippen LogP contribution in [0.2, 0.25) is 0 Å². The quantitative estimate of drug-likeness (QED) is 0.740. The minimum absolute atomic E-state index is 0.110. The molecule has 1 aliphatic heterocycles. The maximum atomic E-state index is 11.0. The summed E-state index contributed by atoms with van der Waals surface area (Å²) in [5.41, 5.74) is 1.62. The highest BCUT2D eigenvalue weighted by Gasteiger charge is 2.03. The number of hydrogen-bond donors (Lipinski definition) is 2. The molecule has 0 radical (unpaired) electrons. The van der Waals surface area contributed by atoms with Crippen molar-refractivity contribution in [2.75, 3.05) is 0 Å². The van der Waals surface area contributed by atoms with E-state index in [1.54, 1.807) is 18.5 Å². The Kier molecular flexibility index (Phi) is 2.15. The van der Waals surface area contributed by atoms with Crippen molar-refractivity contribution in [1.82, 2.24) is 9.97 Å². The highest BCUT2D eigenvalue weighted by Crippen LogP contribution is 2.15. The summed E-state index contributed by atoms with van der Waals surface area (Å²) in [6.07, 6.45) is 6.91. The van der Waals surface area contributed by atoms with Crippen molar-refractivity contribution in [2.45, 2.75) is 0 Å². The lowest BCUT2D eigenvalue weighted by Crippen LogP contribution is -2.15. The smallest absolute Gasteiger partial charge is 0.307 e. The molecule has 3 heterocycles. The van der Waals surface area contributed by atoms with Gasteiger partial charge >= 0.3 is 4.87 Å². The van der Waals surface area contributed by atoms with Crippen LogP contribution in [-0.4, -0.2) is 15.1 Å². The highest BCUT2D eigenvalue weighted by atomic mass is 32.1. The van der Waals surface area contributed by atoms with Crippen LogP contribution >= 0.6 is 11.3 Å². The fourth-order valence-electron chi connectivity index (χ4n) is 1.57. The second kappa shape index (κ2) is 3.67. The summed E-state index contributed by atoms with van der Waals surface area (Å²) < 4.78 is 0. The van der Waals surface area contributed by atoms with Crippen LogP contribution in [0.15, 0.2) is 28.3 Å². The molecule has 0 spiro atoms. The Bertz CT molecular complexity index is 786. The summed E-state index contributed by atoms with van der Waals surface area (Å²) >= 11 is 0.957. The van der Waals surface area contributed by atoms with Gasteiger partial charge in [-0.1, -0.05) is 11.3 Å². The zero-order valence-corrected chi connectivity index (χ0v) is 9.36. The highest BCUT2D eigenvalue weighted by molar-refractivity contribution is 7.10. The summed E-state index contributed by atoms with van der Waals surface area (Å²) in [6.45, 7) is 0. The van der Waals surface area contributed by atoms with Gasteiger partial charge in [-0.15, -0.1) is 0 Å². The molecule has 0 saturated heterocycles. The molecule has 17 heavy (non-hydrogen) atoms. The van der Waals surface area contributed by atoms with Crippen LogP contribution in [-0.2, 0) is 0 Å². The molecule has 6 heteroatoms. The molecular formula is C11H7N3O2S. The number of pyridine rings is 1. The van der Waals surface area contributed by atoms with Gasteiger partial charge in [0.1, 0.15) is 0 Å². The van der Waals surface area contributed by atoms with Crippen LogP contribution in [0.1, 0.15) is 10.4 Å². The van der Waals surface area contributed by atoms with Gasteiger partial charge in [0.25, 0.3) is 0 Å². The van der Waals surface area contributed by atoms with Gasteiger partial charge in [-0.05, 0) is 23.4 Å². The summed E-state index contributed by atoms with van der Waals surface area (Å²) in [4.78, 5) is 21.8. The fourth-order valence-corrected chi connectivity index (χ4v) is 2.26. The molecule has 84 valence electrons. The molecule has 0 aliphatic carbocycles. The number of hydrogen-bond acceptors (Lipinski definition) is 5. The van der Waals surface area contributed by atoms with E-state index in [0.29, 0.717) is 10.4 Å². The summed E-state index contributed by atoms with van der Waals surface area (Å²) in [5, 5.41) is 10.3. The second-order valence-electron chi connectivity index (χ2n) is 3.50. The number of rotatable bonds is 1. The topological polar surface area (TPSA) is 78.3 Å². The Balaban J connectivity index is 2.17. The van der Waals surface area contributed by atoms with Crippen molar-refractivity contribution in [3.63, 3.8) is 0 Å². The van der Waals surface area contributed by atoms with E-state index in [4.69, 9.17) is 0 Å². The second-order valence-corrected chi connectivity index (χ2v) is 4.51. The van der Waals surface area contributed by atoms with Crippen LogP contribution < -0.4 is 15.6 Å². The molecule has 0 fully saturated rings. The third kappa shape index (κ3) is 1.78. The minimum Gasteiger partial charge on any atom is -0.493 e. The van der Waals surface area contributed by atoms with Crippen molar-refractivity contribution in [2.24, 2.45) is 4.99 Å².